The average Bonchev–Trinajstić information content (AvgIpc) is 3.52. The van der Waals surface area contributed by atoms with E-state index in [4.69, 9.17) is 10.2 Å². The maximum absolute atomic E-state index is 13.4. The van der Waals surface area contributed by atoms with Crippen molar-refractivity contribution in [3.63, 3.8) is 0 Å². The quantitative estimate of drug-likeness (QED) is 0.302. The van der Waals surface area contributed by atoms with Gasteiger partial charge in [-0.15, -0.1) is 11.3 Å². The van der Waals surface area contributed by atoms with E-state index in [0.717, 1.165) is 34.5 Å². The summed E-state index contributed by atoms with van der Waals surface area (Å²) in [4.78, 5) is 39.1. The van der Waals surface area contributed by atoms with Gasteiger partial charge in [0.15, 0.2) is 0 Å². The van der Waals surface area contributed by atoms with Gasteiger partial charge in [0.1, 0.15) is 39.6 Å². The molecule has 0 radical (unpaired) electrons. The van der Waals surface area contributed by atoms with E-state index >= 15 is 0 Å². The van der Waals surface area contributed by atoms with E-state index in [1.54, 1.807) is 6.07 Å². The third kappa shape index (κ3) is 4.03. The zero-order valence-corrected chi connectivity index (χ0v) is 17.5. The lowest BCUT2D eigenvalue weighted by atomic mass is 10.1. The van der Waals surface area contributed by atoms with E-state index in [1.165, 1.54) is 19.3 Å². The molecule has 3 N–H and O–H groups in total. The van der Waals surface area contributed by atoms with Crippen molar-refractivity contribution in [2.75, 3.05) is 5.32 Å². The first kappa shape index (κ1) is 22.0. The molecule has 0 bridgehead atoms. The third-order valence-corrected chi connectivity index (χ3v) is 5.84. The fraction of sp³-hybridized carbons (Fsp3) is 0.158. The standard InChI is InChI=1S/C19H14F2N6O5S/c1-8(26-7-9(6-23-26)27(30)31)18(29)25-14-13-10(12-3-2-4-32-12)5-11(16(20)21)24-19(13)33-15(14)17(22)28/h2-8,16H,1H3,(H2,22,28)(H,25,29). The lowest BCUT2D eigenvalue weighted by Crippen LogP contribution is -2.25. The monoisotopic (exact) mass is 476 g/mol. The Bertz CT molecular complexity index is 1380. The lowest BCUT2D eigenvalue weighted by Gasteiger charge is -2.14. The first-order chi connectivity index (χ1) is 15.7. The minimum atomic E-state index is -2.89. The molecule has 0 aromatic carbocycles. The number of hydrogen-bond acceptors (Lipinski definition) is 8. The normalized spacial score (nSPS) is 12.2. The number of nitrogens with zero attached hydrogens (tertiary/aromatic N) is 4. The molecule has 4 aromatic heterocycles. The summed E-state index contributed by atoms with van der Waals surface area (Å²) in [6.45, 7) is 1.44. The maximum atomic E-state index is 13.4. The lowest BCUT2D eigenvalue weighted by molar-refractivity contribution is -0.385. The molecule has 0 spiro atoms. The Hall–Kier alpha value is -4.20. The van der Waals surface area contributed by atoms with Gasteiger partial charge in [-0.05, 0) is 25.1 Å². The molecule has 1 unspecified atom stereocenters. The number of hydrogen-bond donors (Lipinski definition) is 2. The van der Waals surface area contributed by atoms with E-state index in [9.17, 15) is 28.5 Å². The number of nitrogens with two attached hydrogens (primary N) is 1. The molecule has 0 fully saturated rings. The second-order valence-corrected chi connectivity index (χ2v) is 7.82. The SMILES string of the molecule is CC(C(=O)Nc1c(C(N)=O)sc2nc(C(F)F)cc(-c3ccco3)c12)n1cc([N+](=O)[O-])cn1. The van der Waals surface area contributed by atoms with E-state index in [-0.39, 0.29) is 37.8 Å². The number of nitrogens with one attached hydrogen (secondary N) is 1. The zero-order chi connectivity index (χ0) is 23.9. The molecule has 170 valence electrons. The van der Waals surface area contributed by atoms with E-state index in [1.807, 2.05) is 0 Å². The molecule has 0 saturated heterocycles. The molecule has 0 aliphatic rings. The van der Waals surface area contributed by atoms with Crippen molar-refractivity contribution in [2.45, 2.75) is 19.4 Å². The highest BCUT2D eigenvalue weighted by Crippen LogP contribution is 2.42. The number of thiophene rings is 1. The van der Waals surface area contributed by atoms with E-state index < -0.39 is 34.9 Å². The van der Waals surface area contributed by atoms with Crippen LogP contribution in [-0.2, 0) is 4.79 Å². The number of pyridine rings is 1. The number of amides is 2. The number of nitro groups is 1. The first-order valence-corrected chi connectivity index (χ1v) is 10.1. The fourth-order valence-electron chi connectivity index (χ4n) is 3.13. The van der Waals surface area contributed by atoms with Crippen LogP contribution in [0.1, 0.15) is 34.8 Å². The topological polar surface area (TPSA) is 159 Å². The Morgan fingerprint density at radius 2 is 2.15 bits per heavy atom. The minimum Gasteiger partial charge on any atom is -0.464 e. The highest BCUT2D eigenvalue weighted by molar-refractivity contribution is 7.21. The molecule has 14 heteroatoms. The Labute approximate surface area is 187 Å². The van der Waals surface area contributed by atoms with Crippen LogP contribution in [0.25, 0.3) is 21.5 Å². The number of anilines is 1. The predicted molar refractivity (Wildman–Crippen MR) is 113 cm³/mol. The Morgan fingerprint density at radius 3 is 2.73 bits per heavy atom. The molecule has 0 aliphatic heterocycles. The second kappa shape index (κ2) is 8.38. The van der Waals surface area contributed by atoms with Crippen LogP contribution >= 0.6 is 11.3 Å². The fourth-order valence-corrected chi connectivity index (χ4v) is 4.14. The van der Waals surface area contributed by atoms with Gasteiger partial charge < -0.3 is 15.5 Å². The van der Waals surface area contributed by atoms with Crippen molar-refractivity contribution in [3.8, 4) is 11.3 Å². The van der Waals surface area contributed by atoms with Gasteiger partial charge in [0, 0.05) is 10.9 Å². The Balaban J connectivity index is 1.83. The van der Waals surface area contributed by atoms with E-state index in [2.05, 4.69) is 15.4 Å². The molecule has 1 atom stereocenters. The zero-order valence-electron chi connectivity index (χ0n) is 16.7. The van der Waals surface area contributed by atoms with Gasteiger partial charge in [-0.2, -0.15) is 5.10 Å². The van der Waals surface area contributed by atoms with Gasteiger partial charge in [0.2, 0.25) is 5.91 Å². The van der Waals surface area contributed by atoms with Crippen molar-refractivity contribution in [3.05, 3.63) is 57.5 Å². The summed E-state index contributed by atoms with van der Waals surface area (Å²) in [6.07, 6.45) is 0.519. The molecule has 0 aliphatic carbocycles. The van der Waals surface area contributed by atoms with Crippen LogP contribution in [0.3, 0.4) is 0 Å². The number of halogens is 2. The summed E-state index contributed by atoms with van der Waals surface area (Å²) >= 11 is 0.745. The average molecular weight is 476 g/mol. The van der Waals surface area contributed by atoms with Gasteiger partial charge >= 0.3 is 5.69 Å². The summed E-state index contributed by atoms with van der Waals surface area (Å²) < 4.78 is 33.3. The number of primary amides is 1. The molecule has 2 amide bonds. The molecular formula is C19H14F2N6O5S. The Morgan fingerprint density at radius 1 is 1.39 bits per heavy atom. The van der Waals surface area contributed by atoms with Gasteiger partial charge in [-0.25, -0.2) is 13.8 Å². The predicted octanol–water partition coefficient (Wildman–Crippen LogP) is 3.90. The highest BCUT2D eigenvalue weighted by Gasteiger charge is 2.27. The van der Waals surface area contributed by atoms with Crippen LogP contribution in [0.5, 0.6) is 0 Å². The van der Waals surface area contributed by atoms with Gasteiger partial charge in [-0.3, -0.25) is 24.4 Å². The second-order valence-electron chi connectivity index (χ2n) is 6.82. The number of rotatable bonds is 7. The highest BCUT2D eigenvalue weighted by atomic mass is 32.1. The molecule has 33 heavy (non-hydrogen) atoms. The van der Waals surface area contributed by atoms with Crippen LogP contribution in [-0.4, -0.2) is 31.5 Å². The van der Waals surface area contributed by atoms with Gasteiger partial charge in [0.25, 0.3) is 12.3 Å². The first-order valence-electron chi connectivity index (χ1n) is 9.26. The van der Waals surface area contributed by atoms with Gasteiger partial charge in [0.05, 0.1) is 16.9 Å². The molecule has 11 nitrogen and oxygen atoms in total. The summed E-state index contributed by atoms with van der Waals surface area (Å²) in [5.41, 5.74) is 4.78. The smallest absolute Gasteiger partial charge is 0.307 e. The summed E-state index contributed by atoms with van der Waals surface area (Å²) in [5.74, 6) is -1.37. The number of carbonyl (C=O) groups is 2. The molecule has 4 heterocycles. The number of fused-ring (bicyclic) bond motifs is 1. The van der Waals surface area contributed by atoms with Crippen LogP contribution in [0, 0.1) is 10.1 Å². The van der Waals surface area contributed by atoms with Crippen molar-refractivity contribution in [2.24, 2.45) is 5.73 Å². The summed E-state index contributed by atoms with van der Waals surface area (Å²) in [5, 5.41) is 17.5. The number of carbonyl (C=O) groups excluding carboxylic acids is 2. The van der Waals surface area contributed by atoms with E-state index in [0.29, 0.717) is 0 Å². The third-order valence-electron chi connectivity index (χ3n) is 4.74. The largest absolute Gasteiger partial charge is 0.464 e. The Kier molecular flexibility index (Phi) is 5.59. The van der Waals surface area contributed by atoms with Crippen molar-refractivity contribution in [1.29, 1.82) is 0 Å². The van der Waals surface area contributed by atoms with Crippen LogP contribution in [0.4, 0.5) is 20.2 Å². The van der Waals surface area contributed by atoms with Crippen LogP contribution in [0.15, 0.2) is 41.3 Å². The molecule has 4 aromatic rings. The van der Waals surface area contributed by atoms with Crippen LogP contribution in [0.2, 0.25) is 0 Å². The van der Waals surface area contributed by atoms with Crippen LogP contribution < -0.4 is 11.1 Å². The number of furan rings is 1. The molecule has 4 rings (SSSR count). The minimum absolute atomic E-state index is 0.0271. The van der Waals surface area contributed by atoms with Crippen molar-refractivity contribution in [1.82, 2.24) is 14.8 Å². The van der Waals surface area contributed by atoms with Crippen molar-refractivity contribution >= 4 is 44.7 Å². The maximum Gasteiger partial charge on any atom is 0.307 e. The number of alkyl halides is 2. The summed E-state index contributed by atoms with van der Waals surface area (Å²) in [6, 6.07) is 3.17. The number of aromatic nitrogens is 3. The van der Waals surface area contributed by atoms with Crippen molar-refractivity contribution < 1.29 is 27.7 Å². The molecular weight excluding hydrogens is 462 g/mol. The molecule has 0 saturated carbocycles. The summed E-state index contributed by atoms with van der Waals surface area (Å²) in [7, 11) is 0. The van der Waals surface area contributed by atoms with Gasteiger partial charge in [-0.1, -0.05) is 0 Å².